The molecule has 1 aromatic carbocycles. The van der Waals surface area contributed by atoms with Crippen LogP contribution in [0.2, 0.25) is 0 Å². The van der Waals surface area contributed by atoms with Crippen LogP contribution in [0.1, 0.15) is 34.8 Å². The van der Waals surface area contributed by atoms with Crippen molar-refractivity contribution in [1.82, 2.24) is 5.32 Å². The fourth-order valence-electron chi connectivity index (χ4n) is 2.22. The topological polar surface area (TPSA) is 78.8 Å². The molecule has 3 N–H and O–H groups in total. The lowest BCUT2D eigenvalue weighted by Crippen LogP contribution is -2.34. The standard InChI is InChI=1S/C13H17NO4/c1-18-13(17)8-2-3-10(12(16)6-8)11-7-9(15)4-5-14-11/h2-3,6,9,11,14-16H,4-5,7H2,1H3/t9-,11-/m0/s1. The summed E-state index contributed by atoms with van der Waals surface area (Å²) in [6.45, 7) is 0.712. The molecule has 1 heterocycles. The number of carbonyl (C=O) groups is 1. The lowest BCUT2D eigenvalue weighted by atomic mass is 9.94. The first-order valence-corrected chi connectivity index (χ1v) is 5.94. The lowest BCUT2D eigenvalue weighted by molar-refractivity contribution is 0.0600. The number of methoxy groups -OCH3 is 1. The van der Waals surface area contributed by atoms with Crippen molar-refractivity contribution in [2.45, 2.75) is 25.0 Å². The van der Waals surface area contributed by atoms with Gasteiger partial charge in [0.2, 0.25) is 0 Å². The van der Waals surface area contributed by atoms with Gasteiger partial charge in [0.05, 0.1) is 18.8 Å². The number of aliphatic hydroxyl groups excluding tert-OH is 1. The zero-order valence-corrected chi connectivity index (χ0v) is 10.2. The van der Waals surface area contributed by atoms with Crippen molar-refractivity contribution in [3.8, 4) is 5.75 Å². The van der Waals surface area contributed by atoms with Crippen LogP contribution >= 0.6 is 0 Å². The zero-order valence-electron chi connectivity index (χ0n) is 10.2. The highest BCUT2D eigenvalue weighted by molar-refractivity contribution is 5.89. The Kier molecular flexibility index (Phi) is 3.84. The van der Waals surface area contributed by atoms with Gasteiger partial charge in [-0.25, -0.2) is 4.79 Å². The predicted molar refractivity (Wildman–Crippen MR) is 65.4 cm³/mol. The minimum atomic E-state index is -0.478. The number of nitrogens with one attached hydrogen (secondary N) is 1. The van der Waals surface area contributed by atoms with E-state index >= 15 is 0 Å². The first kappa shape index (κ1) is 12.9. The summed E-state index contributed by atoms with van der Waals surface area (Å²) in [7, 11) is 1.30. The molecule has 2 rings (SSSR count). The Morgan fingerprint density at radius 2 is 2.28 bits per heavy atom. The number of esters is 1. The number of piperidine rings is 1. The molecule has 0 radical (unpaired) electrons. The molecule has 0 aliphatic carbocycles. The average Bonchev–Trinajstić information content (AvgIpc) is 2.37. The number of hydrogen-bond acceptors (Lipinski definition) is 5. The molecule has 1 saturated heterocycles. The van der Waals surface area contributed by atoms with Crippen LogP contribution in [0, 0.1) is 0 Å². The van der Waals surface area contributed by atoms with Crippen molar-refractivity contribution in [2.75, 3.05) is 13.7 Å². The number of benzene rings is 1. The van der Waals surface area contributed by atoms with E-state index in [2.05, 4.69) is 10.1 Å². The second kappa shape index (κ2) is 5.37. The van der Waals surface area contributed by atoms with Gasteiger partial charge in [0.25, 0.3) is 0 Å². The van der Waals surface area contributed by atoms with Gasteiger partial charge in [-0.15, -0.1) is 0 Å². The summed E-state index contributed by atoms with van der Waals surface area (Å²) < 4.78 is 4.59. The summed E-state index contributed by atoms with van der Waals surface area (Å²) in [5.41, 5.74) is 1.01. The van der Waals surface area contributed by atoms with E-state index in [1.165, 1.54) is 13.2 Å². The van der Waals surface area contributed by atoms with E-state index in [0.717, 1.165) is 6.42 Å². The third kappa shape index (κ3) is 2.63. The van der Waals surface area contributed by atoms with Crippen molar-refractivity contribution < 1.29 is 19.7 Å². The van der Waals surface area contributed by atoms with E-state index in [0.29, 0.717) is 24.1 Å². The van der Waals surface area contributed by atoms with Crippen LogP contribution in [0.4, 0.5) is 0 Å². The van der Waals surface area contributed by atoms with E-state index in [1.54, 1.807) is 12.1 Å². The van der Waals surface area contributed by atoms with Gasteiger partial charge in [0.1, 0.15) is 5.75 Å². The zero-order chi connectivity index (χ0) is 13.1. The average molecular weight is 251 g/mol. The number of aliphatic hydroxyl groups is 1. The number of phenolic OH excluding ortho intramolecular Hbond substituents is 1. The van der Waals surface area contributed by atoms with Crippen molar-refractivity contribution in [1.29, 1.82) is 0 Å². The van der Waals surface area contributed by atoms with Crippen LogP contribution < -0.4 is 5.32 Å². The maximum atomic E-state index is 11.3. The Balaban J connectivity index is 2.21. The third-order valence-corrected chi connectivity index (χ3v) is 3.20. The largest absolute Gasteiger partial charge is 0.508 e. The van der Waals surface area contributed by atoms with Crippen LogP contribution in [-0.2, 0) is 4.74 Å². The van der Waals surface area contributed by atoms with Crippen LogP contribution in [0.5, 0.6) is 5.75 Å². The van der Waals surface area contributed by atoms with Crippen molar-refractivity contribution in [2.24, 2.45) is 0 Å². The smallest absolute Gasteiger partial charge is 0.337 e. The van der Waals surface area contributed by atoms with E-state index in [9.17, 15) is 15.0 Å². The van der Waals surface area contributed by atoms with Crippen molar-refractivity contribution in [3.05, 3.63) is 29.3 Å². The minimum Gasteiger partial charge on any atom is -0.508 e. The van der Waals surface area contributed by atoms with Crippen LogP contribution in [0.3, 0.4) is 0 Å². The summed E-state index contributed by atoms with van der Waals surface area (Å²) in [4.78, 5) is 11.3. The van der Waals surface area contributed by atoms with Crippen molar-refractivity contribution in [3.63, 3.8) is 0 Å². The van der Waals surface area contributed by atoms with E-state index in [1.807, 2.05) is 0 Å². The maximum Gasteiger partial charge on any atom is 0.337 e. The molecule has 1 fully saturated rings. The molecule has 0 bridgehead atoms. The summed E-state index contributed by atoms with van der Waals surface area (Å²) in [6.07, 6.45) is 0.929. The molecule has 18 heavy (non-hydrogen) atoms. The van der Waals surface area contributed by atoms with Gasteiger partial charge in [-0.3, -0.25) is 0 Å². The van der Waals surface area contributed by atoms with Gasteiger partial charge in [-0.1, -0.05) is 6.07 Å². The summed E-state index contributed by atoms with van der Waals surface area (Å²) in [6, 6.07) is 4.62. The molecule has 1 aliphatic rings. The normalized spacial score (nSPS) is 23.7. The Labute approximate surface area is 105 Å². The molecule has 2 atom stereocenters. The van der Waals surface area contributed by atoms with Gasteiger partial charge < -0.3 is 20.3 Å². The Morgan fingerprint density at radius 3 is 2.89 bits per heavy atom. The molecule has 0 unspecified atom stereocenters. The second-order valence-electron chi connectivity index (χ2n) is 4.45. The fraction of sp³-hybridized carbons (Fsp3) is 0.462. The minimum absolute atomic E-state index is 0.0458. The molecular formula is C13H17NO4. The fourth-order valence-corrected chi connectivity index (χ4v) is 2.22. The Hall–Kier alpha value is -1.59. The highest BCUT2D eigenvalue weighted by Gasteiger charge is 2.23. The SMILES string of the molecule is COC(=O)c1ccc([C@@H]2C[C@@H](O)CCN2)c(O)c1. The van der Waals surface area contributed by atoms with Crippen LogP contribution in [0.15, 0.2) is 18.2 Å². The van der Waals surface area contributed by atoms with Crippen molar-refractivity contribution >= 4 is 5.97 Å². The molecule has 0 spiro atoms. The van der Waals surface area contributed by atoms with Gasteiger partial charge in [-0.2, -0.15) is 0 Å². The van der Waals surface area contributed by atoms with Gasteiger partial charge in [0.15, 0.2) is 0 Å². The maximum absolute atomic E-state index is 11.3. The third-order valence-electron chi connectivity index (χ3n) is 3.20. The molecule has 98 valence electrons. The van der Waals surface area contributed by atoms with E-state index in [-0.39, 0.29) is 17.9 Å². The first-order chi connectivity index (χ1) is 8.61. The molecular weight excluding hydrogens is 234 g/mol. The van der Waals surface area contributed by atoms with Gasteiger partial charge >= 0.3 is 5.97 Å². The summed E-state index contributed by atoms with van der Waals surface area (Å²) >= 11 is 0. The number of hydrogen-bond donors (Lipinski definition) is 3. The number of carbonyl (C=O) groups excluding carboxylic acids is 1. The first-order valence-electron chi connectivity index (χ1n) is 5.94. The highest BCUT2D eigenvalue weighted by atomic mass is 16.5. The molecule has 0 amide bonds. The number of aromatic hydroxyl groups is 1. The lowest BCUT2D eigenvalue weighted by Gasteiger charge is -2.28. The molecule has 1 aliphatic heterocycles. The van der Waals surface area contributed by atoms with E-state index < -0.39 is 5.97 Å². The number of phenols is 1. The highest BCUT2D eigenvalue weighted by Crippen LogP contribution is 2.30. The second-order valence-corrected chi connectivity index (χ2v) is 4.45. The number of rotatable bonds is 2. The summed E-state index contributed by atoms with van der Waals surface area (Å²) in [5.74, 6) is -0.432. The number of ether oxygens (including phenoxy) is 1. The molecule has 1 aromatic rings. The van der Waals surface area contributed by atoms with Gasteiger partial charge in [0, 0.05) is 11.6 Å². The Bertz CT molecular complexity index is 447. The monoisotopic (exact) mass is 251 g/mol. The molecule has 5 heteroatoms. The van der Waals surface area contributed by atoms with Crippen LogP contribution in [-0.4, -0.2) is 35.9 Å². The predicted octanol–water partition coefficient (Wildman–Crippen LogP) is 0.964. The van der Waals surface area contributed by atoms with Crippen LogP contribution in [0.25, 0.3) is 0 Å². The summed E-state index contributed by atoms with van der Waals surface area (Å²) in [5, 5.41) is 22.8. The Morgan fingerprint density at radius 1 is 1.50 bits per heavy atom. The molecule has 5 nitrogen and oxygen atoms in total. The van der Waals surface area contributed by atoms with E-state index in [4.69, 9.17) is 0 Å². The quantitative estimate of drug-likeness (QED) is 0.682. The van der Waals surface area contributed by atoms with Gasteiger partial charge in [-0.05, 0) is 31.5 Å². The molecule has 0 saturated carbocycles. The molecule has 0 aromatic heterocycles.